The molecular formula is C8H17O5PS2. The number of carbonyl (C=O) groups excluding carboxylic acids is 1. The van der Waals surface area contributed by atoms with Crippen molar-refractivity contribution in [1.82, 2.24) is 0 Å². The summed E-state index contributed by atoms with van der Waals surface area (Å²) >= 11 is 7.88. The van der Waals surface area contributed by atoms with Crippen LogP contribution in [0.25, 0.3) is 0 Å². The summed E-state index contributed by atoms with van der Waals surface area (Å²) < 4.78 is 25.0. The Balaban J connectivity index is 5.02. The molecule has 0 unspecified atom stereocenters. The molecule has 0 aromatic rings. The molecule has 0 N–H and O–H groups in total. The summed E-state index contributed by atoms with van der Waals surface area (Å²) in [6, 6.07) is 0. The average Bonchev–Trinajstić information content (AvgIpc) is 2.18. The fraction of sp³-hybridized carbons (Fsp3) is 0.875. The third-order valence-electron chi connectivity index (χ3n) is 1.53. The molecule has 0 saturated carbocycles. The molecule has 0 saturated heterocycles. The second kappa shape index (κ2) is 6.91. The van der Waals surface area contributed by atoms with Gasteiger partial charge in [-0.05, 0) is 20.8 Å². The second-order valence-corrected chi connectivity index (χ2v) is 7.27. The first kappa shape index (κ1) is 16.3. The summed E-state index contributed by atoms with van der Waals surface area (Å²) in [5.41, 5.74) is 0. The lowest BCUT2D eigenvalue weighted by molar-refractivity contribution is -0.141. The SMILES string of the molecule is CCOC(=O)C(S)(S)P(=O)(OCC)OCC. The van der Waals surface area contributed by atoms with Crippen LogP contribution in [0.3, 0.4) is 0 Å². The average molecular weight is 288 g/mol. The fourth-order valence-corrected chi connectivity index (χ4v) is 3.12. The van der Waals surface area contributed by atoms with Crippen LogP contribution in [-0.4, -0.2) is 29.6 Å². The van der Waals surface area contributed by atoms with E-state index in [2.05, 4.69) is 25.3 Å². The zero-order valence-corrected chi connectivity index (χ0v) is 12.2. The summed E-state index contributed by atoms with van der Waals surface area (Å²) in [7, 11) is -3.75. The van der Waals surface area contributed by atoms with Crippen molar-refractivity contribution in [2.45, 2.75) is 24.6 Å². The molecule has 0 fully saturated rings. The Morgan fingerprint density at radius 1 is 1.12 bits per heavy atom. The Bertz CT molecular complexity index is 272. The predicted octanol–water partition coefficient (Wildman–Crippen LogP) is 2.33. The highest BCUT2D eigenvalue weighted by Gasteiger charge is 2.53. The third kappa shape index (κ3) is 3.67. The highest BCUT2D eigenvalue weighted by atomic mass is 32.2. The molecule has 0 radical (unpaired) electrons. The topological polar surface area (TPSA) is 61.8 Å². The van der Waals surface area contributed by atoms with Gasteiger partial charge in [-0.1, -0.05) is 0 Å². The maximum Gasteiger partial charge on any atom is 0.367 e. The van der Waals surface area contributed by atoms with Gasteiger partial charge in [0.1, 0.15) is 0 Å². The van der Waals surface area contributed by atoms with Crippen LogP contribution in [0, 0.1) is 0 Å². The van der Waals surface area contributed by atoms with Crippen molar-refractivity contribution in [3.05, 3.63) is 0 Å². The van der Waals surface area contributed by atoms with Crippen LogP contribution in [0.2, 0.25) is 0 Å². The van der Waals surface area contributed by atoms with E-state index in [4.69, 9.17) is 13.8 Å². The number of hydrogen-bond donors (Lipinski definition) is 2. The molecule has 0 aliphatic rings. The van der Waals surface area contributed by atoms with Crippen LogP contribution in [0.5, 0.6) is 0 Å². The Morgan fingerprint density at radius 2 is 1.56 bits per heavy atom. The lowest BCUT2D eigenvalue weighted by Gasteiger charge is -2.28. The lowest BCUT2D eigenvalue weighted by Crippen LogP contribution is -2.30. The lowest BCUT2D eigenvalue weighted by atomic mass is 10.7. The van der Waals surface area contributed by atoms with Gasteiger partial charge in [-0.15, -0.1) is 25.3 Å². The van der Waals surface area contributed by atoms with E-state index in [0.29, 0.717) is 0 Å². The first-order chi connectivity index (χ1) is 7.35. The Labute approximate surface area is 107 Å². The minimum atomic E-state index is -3.75. The van der Waals surface area contributed by atoms with E-state index in [1.807, 2.05) is 0 Å². The molecular weight excluding hydrogens is 271 g/mol. The van der Waals surface area contributed by atoms with Gasteiger partial charge in [-0.25, -0.2) is 4.79 Å². The van der Waals surface area contributed by atoms with Crippen molar-refractivity contribution < 1.29 is 23.1 Å². The quantitative estimate of drug-likeness (QED) is 0.326. The monoisotopic (exact) mass is 288 g/mol. The first-order valence-electron chi connectivity index (χ1n) is 4.86. The number of esters is 1. The van der Waals surface area contributed by atoms with Crippen molar-refractivity contribution in [2.75, 3.05) is 19.8 Å². The molecule has 0 aliphatic heterocycles. The standard InChI is InChI=1S/C8H17O5PS2/c1-4-11-7(9)8(15,16)14(10,12-5-2)13-6-3/h15-16H,4-6H2,1-3H3. The molecule has 0 spiro atoms. The summed E-state index contributed by atoms with van der Waals surface area (Å²) in [6.45, 7) is 5.28. The van der Waals surface area contributed by atoms with Crippen molar-refractivity contribution in [1.29, 1.82) is 0 Å². The number of ether oxygens (including phenoxy) is 1. The molecule has 0 aliphatic carbocycles. The zero-order valence-electron chi connectivity index (χ0n) is 9.50. The van der Waals surface area contributed by atoms with Gasteiger partial charge in [0.15, 0.2) is 0 Å². The minimum absolute atomic E-state index is 0.125. The van der Waals surface area contributed by atoms with E-state index in [0.717, 1.165) is 0 Å². The zero-order chi connectivity index (χ0) is 12.8. The van der Waals surface area contributed by atoms with Gasteiger partial charge in [-0.3, -0.25) is 4.57 Å². The Hall–Kier alpha value is 0.320. The van der Waals surface area contributed by atoms with Crippen LogP contribution < -0.4 is 0 Å². The molecule has 0 amide bonds. The summed E-state index contributed by atoms with van der Waals surface area (Å²) in [5.74, 6) is -0.841. The molecule has 96 valence electrons. The van der Waals surface area contributed by atoms with Gasteiger partial charge in [0.05, 0.1) is 19.8 Å². The van der Waals surface area contributed by atoms with Crippen LogP contribution in [0.1, 0.15) is 20.8 Å². The van der Waals surface area contributed by atoms with Gasteiger partial charge < -0.3 is 13.8 Å². The molecule has 0 bridgehead atoms. The van der Waals surface area contributed by atoms with Gasteiger partial charge in [0.25, 0.3) is 3.82 Å². The maximum absolute atomic E-state index is 12.3. The number of hydrogen-bond acceptors (Lipinski definition) is 7. The predicted molar refractivity (Wildman–Crippen MR) is 68.2 cm³/mol. The van der Waals surface area contributed by atoms with Crippen molar-refractivity contribution in [3.8, 4) is 0 Å². The van der Waals surface area contributed by atoms with Gasteiger partial charge in [0.2, 0.25) is 0 Å². The second-order valence-electron chi connectivity index (χ2n) is 2.69. The summed E-state index contributed by atoms with van der Waals surface area (Å²) in [6.07, 6.45) is 0. The molecule has 0 rings (SSSR count). The van der Waals surface area contributed by atoms with Crippen molar-refractivity contribution in [2.24, 2.45) is 0 Å². The van der Waals surface area contributed by atoms with Crippen LogP contribution in [0.15, 0.2) is 0 Å². The summed E-state index contributed by atoms with van der Waals surface area (Å²) in [4.78, 5) is 11.6. The van der Waals surface area contributed by atoms with E-state index in [9.17, 15) is 9.36 Å². The number of rotatable bonds is 7. The van der Waals surface area contributed by atoms with E-state index >= 15 is 0 Å². The molecule has 0 heterocycles. The minimum Gasteiger partial charge on any atom is -0.464 e. The van der Waals surface area contributed by atoms with Gasteiger partial charge in [0, 0.05) is 0 Å². The van der Waals surface area contributed by atoms with Crippen molar-refractivity contribution >= 4 is 38.8 Å². The molecule has 16 heavy (non-hydrogen) atoms. The highest BCUT2D eigenvalue weighted by Crippen LogP contribution is 2.64. The largest absolute Gasteiger partial charge is 0.464 e. The maximum atomic E-state index is 12.3. The molecule has 5 nitrogen and oxygen atoms in total. The smallest absolute Gasteiger partial charge is 0.367 e. The normalized spacial score (nSPS) is 12.6. The van der Waals surface area contributed by atoms with Crippen LogP contribution in [0.4, 0.5) is 0 Å². The van der Waals surface area contributed by atoms with Crippen molar-refractivity contribution in [3.63, 3.8) is 0 Å². The third-order valence-corrected chi connectivity index (χ3v) is 5.51. The Kier molecular flexibility index (Phi) is 7.05. The first-order valence-corrected chi connectivity index (χ1v) is 7.30. The Morgan fingerprint density at radius 3 is 1.88 bits per heavy atom. The van der Waals surface area contributed by atoms with E-state index in [1.165, 1.54) is 0 Å². The van der Waals surface area contributed by atoms with E-state index < -0.39 is 17.4 Å². The fourth-order valence-electron chi connectivity index (χ4n) is 0.897. The number of carbonyl (C=O) groups is 1. The van der Waals surface area contributed by atoms with Crippen LogP contribution >= 0.6 is 32.9 Å². The molecule has 0 aromatic carbocycles. The van der Waals surface area contributed by atoms with Gasteiger partial charge in [-0.2, -0.15) is 0 Å². The summed E-state index contributed by atoms with van der Waals surface area (Å²) in [5, 5.41) is 0. The van der Waals surface area contributed by atoms with E-state index in [1.54, 1.807) is 20.8 Å². The molecule has 0 atom stereocenters. The van der Waals surface area contributed by atoms with Crippen LogP contribution in [-0.2, 0) is 23.1 Å². The number of thiol groups is 2. The molecule has 0 aromatic heterocycles. The highest BCUT2D eigenvalue weighted by molar-refractivity contribution is 8.12. The van der Waals surface area contributed by atoms with E-state index in [-0.39, 0.29) is 19.8 Å². The molecule has 8 heteroatoms. The van der Waals surface area contributed by atoms with Gasteiger partial charge >= 0.3 is 13.6 Å².